The Labute approximate surface area is 165 Å². The van der Waals surface area contributed by atoms with Gasteiger partial charge >= 0.3 is 5.97 Å². The topological polar surface area (TPSA) is 55.4 Å². The third-order valence-corrected chi connectivity index (χ3v) is 5.91. The molecule has 0 saturated heterocycles. The summed E-state index contributed by atoms with van der Waals surface area (Å²) in [5.41, 5.74) is 5.91. The van der Waals surface area contributed by atoms with Crippen LogP contribution in [-0.4, -0.2) is 11.9 Å². The van der Waals surface area contributed by atoms with Gasteiger partial charge in [0.2, 0.25) is 5.91 Å². The Morgan fingerprint density at radius 1 is 1.07 bits per heavy atom. The Morgan fingerprint density at radius 3 is 2.11 bits per heavy atom. The zero-order valence-electron chi connectivity index (χ0n) is 17.5. The van der Waals surface area contributed by atoms with E-state index < -0.39 is 5.97 Å². The number of hydrogen-bond acceptors (Lipinski definition) is 4. The monoisotopic (exact) mass is 387 g/mol. The number of esters is 1. The maximum absolute atomic E-state index is 12.7. The highest BCUT2D eigenvalue weighted by Crippen LogP contribution is 2.33. The number of rotatable bonds is 4. The first-order valence-corrected chi connectivity index (χ1v) is 9.88. The normalized spacial score (nSPS) is 11.4. The number of thiophene rings is 1. The molecule has 0 bridgehead atoms. The van der Waals surface area contributed by atoms with E-state index in [9.17, 15) is 9.59 Å². The average Bonchev–Trinajstić information content (AvgIpc) is 2.78. The quantitative estimate of drug-likeness (QED) is 0.695. The summed E-state index contributed by atoms with van der Waals surface area (Å²) >= 11 is 1.40. The van der Waals surface area contributed by atoms with Gasteiger partial charge in [-0.15, -0.1) is 11.3 Å². The number of hydrogen-bond donors (Lipinski definition) is 1. The number of carbonyl (C=O) groups is 2. The van der Waals surface area contributed by atoms with Gasteiger partial charge < -0.3 is 10.1 Å². The number of amides is 1. The molecular formula is C22H29NO3S. The summed E-state index contributed by atoms with van der Waals surface area (Å²) in [5, 5.41) is 3.29. The van der Waals surface area contributed by atoms with E-state index in [1.54, 1.807) is 0 Å². The molecule has 0 spiro atoms. The van der Waals surface area contributed by atoms with Gasteiger partial charge in [0.25, 0.3) is 0 Å². The van der Waals surface area contributed by atoms with Crippen LogP contribution in [-0.2, 0) is 21.6 Å². The first-order chi connectivity index (χ1) is 12.4. The van der Waals surface area contributed by atoms with Gasteiger partial charge in [0.15, 0.2) is 0 Å². The summed E-state index contributed by atoms with van der Waals surface area (Å²) in [6.07, 6.45) is 0. The van der Waals surface area contributed by atoms with Crippen LogP contribution >= 0.6 is 11.3 Å². The Balaban J connectivity index is 2.25. The second kappa shape index (κ2) is 7.85. The molecule has 0 fully saturated rings. The molecule has 0 aliphatic carbocycles. The molecule has 0 aliphatic rings. The van der Waals surface area contributed by atoms with E-state index in [-0.39, 0.29) is 17.9 Å². The second-order valence-electron chi connectivity index (χ2n) is 8.08. The summed E-state index contributed by atoms with van der Waals surface area (Å²) in [4.78, 5) is 25.2. The van der Waals surface area contributed by atoms with E-state index in [0.717, 1.165) is 27.1 Å². The van der Waals surface area contributed by atoms with Crippen molar-refractivity contribution in [3.8, 4) is 0 Å². The molecule has 0 aliphatic heterocycles. The minimum absolute atomic E-state index is 0.0727. The molecule has 146 valence electrons. The molecule has 1 amide bonds. The van der Waals surface area contributed by atoms with E-state index in [1.807, 2.05) is 27.7 Å². The molecule has 0 atom stereocenters. The van der Waals surface area contributed by atoms with Gasteiger partial charge in [-0.1, -0.05) is 32.9 Å². The van der Waals surface area contributed by atoms with Crippen molar-refractivity contribution in [2.75, 3.05) is 5.32 Å². The van der Waals surface area contributed by atoms with E-state index in [2.05, 4.69) is 38.2 Å². The number of anilines is 1. The predicted octanol–water partition coefficient (Wildman–Crippen LogP) is 5.59. The fraction of sp³-hybridized carbons (Fsp3) is 0.455. The molecule has 0 saturated carbocycles. The zero-order valence-corrected chi connectivity index (χ0v) is 18.3. The van der Waals surface area contributed by atoms with Gasteiger partial charge in [0.1, 0.15) is 11.6 Å². The summed E-state index contributed by atoms with van der Waals surface area (Å²) in [7, 11) is 0. The SMILES string of the molecule is CC(=O)Nc1sc(C)c(C)c1C(=O)OCc1c(C)cc(C(C)(C)C)cc1C. The molecular weight excluding hydrogens is 358 g/mol. The van der Waals surface area contributed by atoms with E-state index >= 15 is 0 Å². The summed E-state index contributed by atoms with van der Waals surface area (Å²) in [6.45, 7) is 16.1. The highest BCUT2D eigenvalue weighted by Gasteiger charge is 2.22. The third kappa shape index (κ3) is 4.78. The van der Waals surface area contributed by atoms with Crippen molar-refractivity contribution in [1.29, 1.82) is 0 Å². The van der Waals surface area contributed by atoms with Gasteiger partial charge in [-0.3, -0.25) is 4.79 Å². The Morgan fingerprint density at radius 2 is 1.63 bits per heavy atom. The van der Waals surface area contributed by atoms with Crippen LogP contribution in [0.5, 0.6) is 0 Å². The van der Waals surface area contributed by atoms with E-state index in [1.165, 1.54) is 23.8 Å². The van der Waals surface area contributed by atoms with Gasteiger partial charge in [0, 0.05) is 11.8 Å². The first-order valence-electron chi connectivity index (χ1n) is 9.07. The highest BCUT2D eigenvalue weighted by atomic mass is 32.1. The van der Waals surface area contributed by atoms with Gasteiger partial charge in [-0.25, -0.2) is 4.79 Å². The lowest BCUT2D eigenvalue weighted by molar-refractivity contribution is -0.114. The van der Waals surface area contributed by atoms with Crippen LogP contribution in [0.2, 0.25) is 0 Å². The highest BCUT2D eigenvalue weighted by molar-refractivity contribution is 7.16. The number of ether oxygens (including phenoxy) is 1. The van der Waals surface area contributed by atoms with Crippen molar-refractivity contribution >= 4 is 28.2 Å². The van der Waals surface area contributed by atoms with Crippen molar-refractivity contribution in [2.45, 2.75) is 67.4 Å². The molecule has 1 aromatic heterocycles. The number of carbonyl (C=O) groups excluding carboxylic acids is 2. The Bertz CT molecular complexity index is 865. The van der Waals surface area contributed by atoms with Gasteiger partial charge in [-0.05, 0) is 60.9 Å². The van der Waals surface area contributed by atoms with Crippen LogP contribution < -0.4 is 5.32 Å². The summed E-state index contributed by atoms with van der Waals surface area (Å²) < 4.78 is 5.63. The van der Waals surface area contributed by atoms with Crippen LogP contribution in [0.15, 0.2) is 12.1 Å². The summed E-state index contributed by atoms with van der Waals surface area (Å²) in [5.74, 6) is -0.603. The lowest BCUT2D eigenvalue weighted by Crippen LogP contribution is -2.14. The molecule has 5 heteroatoms. The fourth-order valence-corrected chi connectivity index (χ4v) is 4.08. The molecule has 1 aromatic carbocycles. The van der Waals surface area contributed by atoms with Crippen LogP contribution in [0.25, 0.3) is 0 Å². The largest absolute Gasteiger partial charge is 0.457 e. The molecule has 1 N–H and O–H groups in total. The van der Waals surface area contributed by atoms with Crippen LogP contribution in [0.1, 0.15) is 70.7 Å². The molecule has 1 heterocycles. The van der Waals surface area contributed by atoms with Crippen molar-refractivity contribution < 1.29 is 14.3 Å². The second-order valence-corrected chi connectivity index (χ2v) is 9.31. The standard InChI is InChI=1S/C22H29NO3S/c1-12-9-17(22(6,7)8)10-13(2)18(12)11-26-21(25)19-14(3)15(4)27-20(19)23-16(5)24/h9-10H,11H2,1-8H3,(H,23,24). The molecule has 2 aromatic rings. The lowest BCUT2D eigenvalue weighted by Gasteiger charge is -2.22. The maximum atomic E-state index is 12.7. The van der Waals surface area contributed by atoms with Crippen molar-refractivity contribution in [1.82, 2.24) is 0 Å². The zero-order chi connectivity index (χ0) is 20.5. The number of benzene rings is 1. The number of aryl methyl sites for hydroxylation is 3. The molecule has 2 rings (SSSR count). The van der Waals surface area contributed by atoms with Crippen LogP contribution in [0, 0.1) is 27.7 Å². The third-order valence-electron chi connectivity index (χ3n) is 4.79. The smallest absolute Gasteiger partial charge is 0.341 e. The van der Waals surface area contributed by atoms with E-state index in [0.29, 0.717) is 10.6 Å². The van der Waals surface area contributed by atoms with Crippen molar-refractivity contribution in [3.05, 3.63) is 50.4 Å². The minimum Gasteiger partial charge on any atom is -0.457 e. The van der Waals surface area contributed by atoms with Crippen molar-refractivity contribution in [2.24, 2.45) is 0 Å². The minimum atomic E-state index is -0.403. The fourth-order valence-electron chi connectivity index (χ4n) is 2.98. The van der Waals surface area contributed by atoms with Crippen LogP contribution in [0.3, 0.4) is 0 Å². The van der Waals surface area contributed by atoms with Gasteiger partial charge in [0.05, 0.1) is 5.56 Å². The van der Waals surface area contributed by atoms with Crippen molar-refractivity contribution in [3.63, 3.8) is 0 Å². The Kier molecular flexibility index (Phi) is 6.15. The molecule has 27 heavy (non-hydrogen) atoms. The lowest BCUT2D eigenvalue weighted by atomic mass is 9.84. The Hall–Kier alpha value is -2.14. The average molecular weight is 388 g/mol. The molecule has 0 unspecified atom stereocenters. The molecule has 4 nitrogen and oxygen atoms in total. The first kappa shape index (κ1) is 21.2. The maximum Gasteiger partial charge on any atom is 0.341 e. The predicted molar refractivity (Wildman–Crippen MR) is 112 cm³/mol. The summed E-state index contributed by atoms with van der Waals surface area (Å²) in [6, 6.07) is 4.33. The molecule has 0 radical (unpaired) electrons. The van der Waals surface area contributed by atoms with Gasteiger partial charge in [-0.2, -0.15) is 0 Å². The van der Waals surface area contributed by atoms with Crippen LogP contribution in [0.4, 0.5) is 5.00 Å². The number of nitrogens with one attached hydrogen (secondary N) is 1. The van der Waals surface area contributed by atoms with E-state index in [4.69, 9.17) is 4.74 Å².